The number of carbonyl (C=O) groups excluding carboxylic acids is 1. The maximum atomic E-state index is 13.4. The molecule has 0 aromatic heterocycles. The quantitative estimate of drug-likeness (QED) is 0.272. The summed E-state index contributed by atoms with van der Waals surface area (Å²) >= 11 is 0. The van der Waals surface area contributed by atoms with Gasteiger partial charge in [-0.05, 0) is 37.1 Å². The number of aliphatic imine (C=N–C) groups is 1. The lowest BCUT2D eigenvalue weighted by molar-refractivity contribution is -0.114. The van der Waals surface area contributed by atoms with Crippen LogP contribution in [0.1, 0.15) is 18.4 Å². The van der Waals surface area contributed by atoms with Gasteiger partial charge in [0.1, 0.15) is 22.9 Å². The van der Waals surface area contributed by atoms with E-state index in [1.54, 1.807) is 23.1 Å². The second-order valence-corrected chi connectivity index (χ2v) is 7.22. The van der Waals surface area contributed by atoms with Crippen molar-refractivity contribution in [2.45, 2.75) is 18.9 Å². The molecule has 6 N–H and O–H groups in total. The van der Waals surface area contributed by atoms with Crippen LogP contribution in [0.25, 0.3) is 5.70 Å². The Morgan fingerprint density at radius 2 is 1.88 bits per heavy atom. The molecule has 0 bridgehead atoms. The van der Waals surface area contributed by atoms with Crippen LogP contribution in [0.3, 0.4) is 0 Å². The summed E-state index contributed by atoms with van der Waals surface area (Å²) in [6, 6.07) is 9.17. The van der Waals surface area contributed by atoms with Crippen molar-refractivity contribution >= 4 is 17.4 Å². The van der Waals surface area contributed by atoms with Gasteiger partial charge in [0.2, 0.25) is 0 Å². The summed E-state index contributed by atoms with van der Waals surface area (Å²) in [5.41, 5.74) is 18.0. The van der Waals surface area contributed by atoms with E-state index in [0.29, 0.717) is 25.1 Å². The molecule has 3 rings (SSSR count). The Morgan fingerprint density at radius 3 is 2.56 bits per heavy atom. The summed E-state index contributed by atoms with van der Waals surface area (Å²) in [5, 5.41) is 9.08. The Hall–Kier alpha value is -4.13. The third-order valence-corrected chi connectivity index (χ3v) is 4.90. The number of halogens is 2. The maximum absolute atomic E-state index is 13.4. The molecule has 1 amide bonds. The van der Waals surface area contributed by atoms with Crippen molar-refractivity contribution in [1.29, 1.82) is 5.26 Å². The third kappa shape index (κ3) is 5.31. The molecule has 8 nitrogen and oxygen atoms in total. The Labute approximate surface area is 183 Å². The van der Waals surface area contributed by atoms with E-state index in [2.05, 4.69) is 11.2 Å². The van der Waals surface area contributed by atoms with Crippen LogP contribution in [0.5, 0.6) is 11.5 Å². The first-order chi connectivity index (χ1) is 15.3. The molecule has 0 aliphatic carbocycles. The van der Waals surface area contributed by atoms with Gasteiger partial charge in [0, 0.05) is 18.2 Å². The van der Waals surface area contributed by atoms with E-state index in [1.807, 2.05) is 0 Å². The molecule has 1 fully saturated rings. The Morgan fingerprint density at radius 1 is 1.12 bits per heavy atom. The lowest BCUT2D eigenvalue weighted by atomic mass is 10.0. The molecule has 1 unspecified atom stereocenters. The number of primary amides is 1. The van der Waals surface area contributed by atoms with E-state index in [4.69, 9.17) is 27.2 Å². The van der Waals surface area contributed by atoms with Gasteiger partial charge in [-0.1, -0.05) is 12.1 Å². The first-order valence-electron chi connectivity index (χ1n) is 9.79. The average Bonchev–Trinajstić information content (AvgIpc) is 2.76. The fraction of sp³-hybridized carbons (Fsp3) is 0.227. The van der Waals surface area contributed by atoms with E-state index in [-0.39, 0.29) is 34.6 Å². The minimum absolute atomic E-state index is 0.0116. The molecule has 1 atom stereocenters. The van der Waals surface area contributed by atoms with Crippen LogP contribution in [0.4, 0.5) is 8.78 Å². The Kier molecular flexibility index (Phi) is 6.90. The standard InChI is InChI=1S/C22H22F2N6O2/c23-17-7-6-16(10-18(17)24)32-15-5-1-3-13(9-15)20(26)19(22(28)31)21(27)29-14-4-2-8-30(11-14)12-25/h1,3,5-7,9-10,14H,2,4,8,11,26H2,(H2,27,29)(H2,28,31). The largest absolute Gasteiger partial charge is 0.457 e. The van der Waals surface area contributed by atoms with E-state index >= 15 is 0 Å². The van der Waals surface area contributed by atoms with Gasteiger partial charge in [0.15, 0.2) is 17.8 Å². The number of piperidine rings is 1. The van der Waals surface area contributed by atoms with Crippen molar-refractivity contribution in [1.82, 2.24) is 4.90 Å². The van der Waals surface area contributed by atoms with Crippen LogP contribution < -0.4 is 21.9 Å². The smallest absolute Gasteiger partial charge is 0.254 e. The van der Waals surface area contributed by atoms with Gasteiger partial charge in [-0.15, -0.1) is 0 Å². The fourth-order valence-corrected chi connectivity index (χ4v) is 3.36. The molecule has 10 heteroatoms. The lowest BCUT2D eigenvalue weighted by Gasteiger charge is -2.26. The van der Waals surface area contributed by atoms with Crippen molar-refractivity contribution in [2.75, 3.05) is 13.1 Å². The van der Waals surface area contributed by atoms with Gasteiger partial charge in [-0.3, -0.25) is 9.79 Å². The maximum Gasteiger partial charge on any atom is 0.254 e. The van der Waals surface area contributed by atoms with Crippen molar-refractivity contribution < 1.29 is 18.3 Å². The number of ether oxygens (including phenoxy) is 1. The van der Waals surface area contributed by atoms with Gasteiger partial charge in [-0.25, -0.2) is 8.78 Å². The summed E-state index contributed by atoms with van der Waals surface area (Å²) in [7, 11) is 0. The predicted octanol–water partition coefficient (Wildman–Crippen LogP) is 2.21. The fourth-order valence-electron chi connectivity index (χ4n) is 3.36. The highest BCUT2D eigenvalue weighted by Gasteiger charge is 2.22. The molecule has 166 valence electrons. The summed E-state index contributed by atoms with van der Waals surface area (Å²) in [6.45, 7) is 1.04. The van der Waals surface area contributed by atoms with Crippen molar-refractivity contribution in [3.05, 3.63) is 65.2 Å². The van der Waals surface area contributed by atoms with Crippen LogP contribution in [0.15, 0.2) is 53.0 Å². The van der Waals surface area contributed by atoms with E-state index in [1.165, 1.54) is 12.1 Å². The number of hydrogen-bond acceptors (Lipinski definition) is 6. The first kappa shape index (κ1) is 22.6. The van der Waals surface area contributed by atoms with Gasteiger partial charge in [-0.2, -0.15) is 5.26 Å². The van der Waals surface area contributed by atoms with Crippen LogP contribution in [0, 0.1) is 23.1 Å². The van der Waals surface area contributed by atoms with Gasteiger partial charge < -0.3 is 26.8 Å². The Balaban J connectivity index is 1.89. The van der Waals surface area contributed by atoms with Crippen molar-refractivity contribution in [3.8, 4) is 17.7 Å². The summed E-state index contributed by atoms with van der Waals surface area (Å²) < 4.78 is 32.1. The molecule has 1 aliphatic rings. The van der Waals surface area contributed by atoms with Gasteiger partial charge >= 0.3 is 0 Å². The van der Waals surface area contributed by atoms with Crippen LogP contribution >= 0.6 is 0 Å². The summed E-state index contributed by atoms with van der Waals surface area (Å²) in [4.78, 5) is 18.1. The molecule has 0 radical (unpaired) electrons. The highest BCUT2D eigenvalue weighted by atomic mass is 19.2. The number of nitriles is 1. The first-order valence-corrected chi connectivity index (χ1v) is 9.79. The van der Waals surface area contributed by atoms with Gasteiger partial charge in [0.25, 0.3) is 5.91 Å². The zero-order chi connectivity index (χ0) is 23.3. The van der Waals surface area contributed by atoms with E-state index in [9.17, 15) is 13.6 Å². The van der Waals surface area contributed by atoms with Crippen LogP contribution in [-0.2, 0) is 4.79 Å². The average molecular weight is 440 g/mol. The Bertz CT molecular complexity index is 1130. The number of amides is 1. The van der Waals surface area contributed by atoms with E-state index in [0.717, 1.165) is 18.6 Å². The number of benzene rings is 2. The minimum Gasteiger partial charge on any atom is -0.457 e. The normalized spacial score (nSPS) is 17.3. The number of carbonyl (C=O) groups is 1. The highest BCUT2D eigenvalue weighted by Crippen LogP contribution is 2.26. The highest BCUT2D eigenvalue weighted by molar-refractivity contribution is 6.24. The summed E-state index contributed by atoms with van der Waals surface area (Å²) in [6.07, 6.45) is 3.56. The molecule has 1 aliphatic heterocycles. The molecular weight excluding hydrogens is 418 g/mol. The van der Waals surface area contributed by atoms with Crippen LogP contribution in [0.2, 0.25) is 0 Å². The molecule has 0 saturated carbocycles. The van der Waals surface area contributed by atoms with E-state index < -0.39 is 17.5 Å². The van der Waals surface area contributed by atoms with Gasteiger partial charge in [0.05, 0.1) is 18.3 Å². The molecule has 1 heterocycles. The number of amidine groups is 1. The number of nitrogens with zero attached hydrogens (tertiary/aromatic N) is 3. The zero-order valence-corrected chi connectivity index (χ0v) is 17.1. The molecule has 1 saturated heterocycles. The summed E-state index contributed by atoms with van der Waals surface area (Å²) in [5.74, 6) is -2.66. The predicted molar refractivity (Wildman–Crippen MR) is 115 cm³/mol. The third-order valence-electron chi connectivity index (χ3n) is 4.90. The number of nitrogens with two attached hydrogens (primary N) is 3. The second-order valence-electron chi connectivity index (χ2n) is 7.22. The van der Waals surface area contributed by atoms with Crippen molar-refractivity contribution in [2.24, 2.45) is 22.2 Å². The lowest BCUT2D eigenvalue weighted by Crippen LogP contribution is -2.37. The van der Waals surface area contributed by atoms with Crippen LogP contribution in [-0.4, -0.2) is 35.8 Å². The van der Waals surface area contributed by atoms with Crippen molar-refractivity contribution in [3.63, 3.8) is 0 Å². The topological polar surface area (TPSA) is 144 Å². The minimum atomic E-state index is -1.05. The number of likely N-dealkylation sites (tertiary alicyclic amines) is 1. The zero-order valence-electron chi connectivity index (χ0n) is 17.1. The second kappa shape index (κ2) is 9.78. The number of hydrogen-bond donors (Lipinski definition) is 3. The molecule has 2 aromatic carbocycles. The molecule has 32 heavy (non-hydrogen) atoms. The SMILES string of the molecule is N#CN1CCCC(N=C(N)C(C(N)=O)=C(N)c2cccc(Oc3ccc(F)c(F)c3)c2)C1. The molecule has 0 spiro atoms. The molecule has 2 aromatic rings. The number of rotatable bonds is 6. The molecular formula is C22H22F2N6O2. The monoisotopic (exact) mass is 440 g/mol.